The molecule has 0 aromatic heterocycles. The lowest BCUT2D eigenvalue weighted by Crippen LogP contribution is -2.47. The number of hydrogen-bond acceptors (Lipinski definition) is 4. The Hall–Kier alpha value is -0.750. The van der Waals surface area contributed by atoms with Crippen molar-refractivity contribution in [3.8, 4) is 0 Å². The summed E-state index contributed by atoms with van der Waals surface area (Å²) in [5.74, 6) is 1.53. The van der Waals surface area contributed by atoms with E-state index in [0.29, 0.717) is 25.4 Å². The molecule has 1 heterocycles. The Balaban J connectivity index is 2.10. The standard InChI is InChI=1S/C22H43N3O2S/c1-2-3-4-5-6-7-8-9-10-12-15-21(26)25-19-28-18-20(25)22(27)24-17-14-11-13-16-23/h20H,2-19,23H2,1H3,(H,24,27). The number of carbonyl (C=O) groups excluding carboxylic acids is 2. The van der Waals surface area contributed by atoms with Crippen molar-refractivity contribution < 1.29 is 9.59 Å². The lowest BCUT2D eigenvalue weighted by Gasteiger charge is -2.23. The van der Waals surface area contributed by atoms with Gasteiger partial charge in [0.05, 0.1) is 5.88 Å². The van der Waals surface area contributed by atoms with E-state index in [1.807, 2.05) is 0 Å². The number of thioether (sulfide) groups is 1. The van der Waals surface area contributed by atoms with Gasteiger partial charge in [0, 0.05) is 18.7 Å². The van der Waals surface area contributed by atoms with E-state index < -0.39 is 0 Å². The van der Waals surface area contributed by atoms with Gasteiger partial charge >= 0.3 is 0 Å². The Labute approximate surface area is 176 Å². The molecule has 1 rings (SSSR count). The Morgan fingerprint density at radius 2 is 1.54 bits per heavy atom. The topological polar surface area (TPSA) is 75.4 Å². The Morgan fingerprint density at radius 3 is 2.18 bits per heavy atom. The van der Waals surface area contributed by atoms with Crippen LogP contribution < -0.4 is 11.1 Å². The van der Waals surface area contributed by atoms with Crippen LogP contribution in [-0.4, -0.2) is 47.5 Å². The number of nitrogens with one attached hydrogen (secondary N) is 1. The number of amides is 2. The molecule has 0 spiro atoms. The SMILES string of the molecule is CCCCCCCCCCCCC(=O)N1CSCC1C(=O)NCCCCCN. The van der Waals surface area contributed by atoms with Crippen molar-refractivity contribution in [1.29, 1.82) is 0 Å². The number of unbranched alkanes of at least 4 members (excludes halogenated alkanes) is 11. The first-order chi connectivity index (χ1) is 13.7. The molecule has 1 fully saturated rings. The smallest absolute Gasteiger partial charge is 0.243 e. The summed E-state index contributed by atoms with van der Waals surface area (Å²) < 4.78 is 0. The van der Waals surface area contributed by atoms with Crippen LogP contribution in [0.5, 0.6) is 0 Å². The molecule has 28 heavy (non-hydrogen) atoms. The summed E-state index contributed by atoms with van der Waals surface area (Å²) in [6.45, 7) is 3.64. The van der Waals surface area contributed by atoms with Gasteiger partial charge in [-0.1, -0.05) is 71.1 Å². The van der Waals surface area contributed by atoms with Crippen LogP contribution >= 0.6 is 11.8 Å². The predicted octanol–water partition coefficient (Wildman–Crippen LogP) is 4.44. The van der Waals surface area contributed by atoms with Gasteiger partial charge in [-0.15, -0.1) is 11.8 Å². The third-order valence-electron chi connectivity index (χ3n) is 5.43. The second-order valence-electron chi connectivity index (χ2n) is 7.95. The lowest BCUT2D eigenvalue weighted by atomic mass is 10.1. The molecule has 0 aromatic carbocycles. The van der Waals surface area contributed by atoms with Crippen molar-refractivity contribution in [1.82, 2.24) is 10.2 Å². The quantitative estimate of drug-likeness (QED) is 0.346. The Kier molecular flexibility index (Phi) is 15.5. The van der Waals surface area contributed by atoms with Crippen molar-refractivity contribution >= 4 is 23.6 Å². The number of hydrogen-bond donors (Lipinski definition) is 2. The van der Waals surface area contributed by atoms with Crippen molar-refractivity contribution in [3.05, 3.63) is 0 Å². The number of nitrogens with zero attached hydrogens (tertiary/aromatic N) is 1. The van der Waals surface area contributed by atoms with Crippen LogP contribution in [-0.2, 0) is 9.59 Å². The normalized spacial score (nSPS) is 16.5. The molecule has 0 aromatic rings. The molecule has 164 valence electrons. The molecular weight excluding hydrogens is 370 g/mol. The number of rotatable bonds is 17. The number of nitrogens with two attached hydrogens (primary N) is 1. The van der Waals surface area contributed by atoms with E-state index in [0.717, 1.165) is 37.9 Å². The monoisotopic (exact) mass is 413 g/mol. The highest BCUT2D eigenvalue weighted by molar-refractivity contribution is 7.99. The molecule has 5 nitrogen and oxygen atoms in total. The molecule has 0 saturated carbocycles. The van der Waals surface area contributed by atoms with E-state index in [4.69, 9.17) is 5.73 Å². The largest absolute Gasteiger partial charge is 0.354 e. The molecule has 1 unspecified atom stereocenters. The van der Waals surface area contributed by atoms with Gasteiger partial charge in [0.25, 0.3) is 0 Å². The minimum atomic E-state index is -0.282. The molecular formula is C22H43N3O2S. The van der Waals surface area contributed by atoms with Gasteiger partial charge in [-0.25, -0.2) is 0 Å². The van der Waals surface area contributed by atoms with Gasteiger partial charge in [0.1, 0.15) is 6.04 Å². The van der Waals surface area contributed by atoms with E-state index in [2.05, 4.69) is 12.2 Å². The molecule has 0 radical (unpaired) electrons. The van der Waals surface area contributed by atoms with Gasteiger partial charge in [0.15, 0.2) is 0 Å². The zero-order valence-corrected chi connectivity index (χ0v) is 18.9. The van der Waals surface area contributed by atoms with Crippen LogP contribution in [0.2, 0.25) is 0 Å². The van der Waals surface area contributed by atoms with Crippen molar-refractivity contribution in [2.75, 3.05) is 24.7 Å². The predicted molar refractivity (Wildman–Crippen MR) is 120 cm³/mol. The number of carbonyl (C=O) groups is 2. The summed E-state index contributed by atoms with van der Waals surface area (Å²) in [6.07, 6.45) is 16.3. The van der Waals surface area contributed by atoms with Crippen LogP contribution in [0.3, 0.4) is 0 Å². The van der Waals surface area contributed by atoms with Gasteiger partial charge in [-0.05, 0) is 25.8 Å². The molecule has 3 N–H and O–H groups in total. The van der Waals surface area contributed by atoms with E-state index in [1.54, 1.807) is 16.7 Å². The van der Waals surface area contributed by atoms with Gasteiger partial charge < -0.3 is 16.0 Å². The molecule has 1 aliphatic heterocycles. The minimum absolute atomic E-state index is 0.00849. The van der Waals surface area contributed by atoms with Crippen LogP contribution in [0.4, 0.5) is 0 Å². The van der Waals surface area contributed by atoms with Gasteiger partial charge in [0.2, 0.25) is 11.8 Å². The molecule has 0 bridgehead atoms. The zero-order chi connectivity index (χ0) is 20.5. The summed E-state index contributed by atoms with van der Waals surface area (Å²) in [6, 6.07) is -0.282. The fourth-order valence-electron chi connectivity index (χ4n) is 3.59. The highest BCUT2D eigenvalue weighted by Crippen LogP contribution is 2.23. The minimum Gasteiger partial charge on any atom is -0.354 e. The maximum absolute atomic E-state index is 12.5. The zero-order valence-electron chi connectivity index (χ0n) is 18.1. The molecule has 1 atom stereocenters. The summed E-state index contributed by atoms with van der Waals surface area (Å²) in [7, 11) is 0. The second-order valence-corrected chi connectivity index (χ2v) is 8.95. The van der Waals surface area contributed by atoms with Crippen LogP contribution in [0.1, 0.15) is 96.8 Å². The average Bonchev–Trinajstić information content (AvgIpc) is 3.19. The van der Waals surface area contributed by atoms with Gasteiger partial charge in [-0.2, -0.15) is 0 Å². The van der Waals surface area contributed by atoms with Crippen molar-refractivity contribution in [2.24, 2.45) is 5.73 Å². The maximum Gasteiger partial charge on any atom is 0.243 e. The highest BCUT2D eigenvalue weighted by atomic mass is 32.2. The fourth-order valence-corrected chi connectivity index (χ4v) is 4.77. The molecule has 1 aliphatic rings. The molecule has 6 heteroatoms. The maximum atomic E-state index is 12.5. The Bertz CT molecular complexity index is 421. The van der Waals surface area contributed by atoms with E-state index in [9.17, 15) is 9.59 Å². The van der Waals surface area contributed by atoms with E-state index >= 15 is 0 Å². The van der Waals surface area contributed by atoms with Crippen LogP contribution in [0.15, 0.2) is 0 Å². The first-order valence-electron chi connectivity index (χ1n) is 11.6. The summed E-state index contributed by atoms with van der Waals surface area (Å²) in [5.41, 5.74) is 5.48. The van der Waals surface area contributed by atoms with E-state index in [1.165, 1.54) is 51.4 Å². The summed E-state index contributed by atoms with van der Waals surface area (Å²) in [5, 5.41) is 2.99. The molecule has 2 amide bonds. The Morgan fingerprint density at radius 1 is 0.929 bits per heavy atom. The average molecular weight is 414 g/mol. The third-order valence-corrected chi connectivity index (χ3v) is 6.44. The summed E-state index contributed by atoms with van der Waals surface area (Å²) >= 11 is 1.68. The molecule has 1 saturated heterocycles. The lowest BCUT2D eigenvalue weighted by molar-refractivity contribution is -0.138. The fraction of sp³-hybridized carbons (Fsp3) is 0.909. The second kappa shape index (κ2) is 17.1. The highest BCUT2D eigenvalue weighted by Gasteiger charge is 2.33. The third kappa shape index (κ3) is 11.3. The first kappa shape index (κ1) is 25.3. The van der Waals surface area contributed by atoms with Crippen LogP contribution in [0.25, 0.3) is 0 Å². The summed E-state index contributed by atoms with van der Waals surface area (Å²) in [4.78, 5) is 26.7. The van der Waals surface area contributed by atoms with Crippen molar-refractivity contribution in [3.63, 3.8) is 0 Å². The van der Waals surface area contributed by atoms with Crippen molar-refractivity contribution in [2.45, 2.75) is 103 Å². The first-order valence-corrected chi connectivity index (χ1v) is 12.7. The van der Waals surface area contributed by atoms with E-state index in [-0.39, 0.29) is 17.9 Å². The van der Waals surface area contributed by atoms with Gasteiger partial charge in [-0.3, -0.25) is 9.59 Å². The van der Waals surface area contributed by atoms with Crippen LogP contribution in [0, 0.1) is 0 Å². The molecule has 0 aliphatic carbocycles.